The van der Waals surface area contributed by atoms with Crippen molar-refractivity contribution >= 4 is 21.6 Å². The molecular formula is C11H13ClF2N2O2S. The van der Waals surface area contributed by atoms with Gasteiger partial charge in [0.25, 0.3) is 5.92 Å². The van der Waals surface area contributed by atoms with Gasteiger partial charge in [-0.2, -0.15) is 4.31 Å². The molecule has 0 amide bonds. The third-order valence-corrected chi connectivity index (χ3v) is 5.34. The Hall–Kier alpha value is -0.790. The Balaban J connectivity index is 2.25. The number of alkyl halides is 2. The van der Waals surface area contributed by atoms with Gasteiger partial charge in [0.15, 0.2) is 0 Å². The van der Waals surface area contributed by atoms with Gasteiger partial charge in [-0.05, 0) is 18.6 Å². The molecule has 0 bridgehead atoms. The maximum Gasteiger partial charge on any atom is 0.250 e. The Kier molecular flexibility index (Phi) is 3.81. The zero-order valence-corrected chi connectivity index (χ0v) is 11.8. The van der Waals surface area contributed by atoms with Gasteiger partial charge in [-0.1, -0.05) is 11.6 Å². The van der Waals surface area contributed by atoms with E-state index in [0.717, 1.165) is 10.5 Å². The number of pyridine rings is 1. The SMILES string of the molecule is Cc1cc(S(=O)(=O)N2CCC(F)(F)CC2)cnc1Cl. The summed E-state index contributed by atoms with van der Waals surface area (Å²) in [6.45, 7) is 1.27. The average Bonchev–Trinajstić information content (AvgIpc) is 2.32. The molecule has 4 nitrogen and oxygen atoms in total. The molecule has 2 rings (SSSR count). The second kappa shape index (κ2) is 4.96. The molecule has 0 radical (unpaired) electrons. The molecule has 0 saturated carbocycles. The smallest absolute Gasteiger partial charge is 0.243 e. The van der Waals surface area contributed by atoms with Crippen LogP contribution in [0.5, 0.6) is 0 Å². The number of aryl methyl sites for hydroxylation is 1. The van der Waals surface area contributed by atoms with Crippen LogP contribution in [0.2, 0.25) is 5.15 Å². The van der Waals surface area contributed by atoms with Crippen LogP contribution in [0, 0.1) is 6.92 Å². The van der Waals surface area contributed by atoms with Crippen LogP contribution < -0.4 is 0 Å². The number of hydrogen-bond acceptors (Lipinski definition) is 3. The van der Waals surface area contributed by atoms with Gasteiger partial charge in [0.1, 0.15) is 10.0 Å². The molecule has 0 spiro atoms. The molecule has 1 fully saturated rings. The lowest BCUT2D eigenvalue weighted by Crippen LogP contribution is -2.42. The second-order valence-electron chi connectivity index (χ2n) is 4.54. The normalized spacial score (nSPS) is 20.4. The molecule has 0 aromatic carbocycles. The van der Waals surface area contributed by atoms with E-state index in [1.807, 2.05) is 0 Å². The largest absolute Gasteiger partial charge is 0.250 e. The zero-order valence-electron chi connectivity index (χ0n) is 10.2. The van der Waals surface area contributed by atoms with Crippen molar-refractivity contribution in [1.82, 2.24) is 9.29 Å². The number of piperidine rings is 1. The molecule has 1 saturated heterocycles. The topological polar surface area (TPSA) is 50.3 Å². The summed E-state index contributed by atoms with van der Waals surface area (Å²) in [5, 5.41) is 0.226. The molecular weight excluding hydrogens is 298 g/mol. The van der Waals surface area contributed by atoms with Crippen molar-refractivity contribution in [2.24, 2.45) is 0 Å². The predicted octanol–water partition coefficient (Wildman–Crippen LogP) is 2.46. The lowest BCUT2D eigenvalue weighted by molar-refractivity contribution is -0.0412. The van der Waals surface area contributed by atoms with E-state index in [2.05, 4.69) is 4.98 Å². The molecule has 0 N–H and O–H groups in total. The van der Waals surface area contributed by atoms with E-state index in [9.17, 15) is 17.2 Å². The number of rotatable bonds is 2. The second-order valence-corrected chi connectivity index (χ2v) is 6.83. The molecule has 0 atom stereocenters. The van der Waals surface area contributed by atoms with Gasteiger partial charge in [0, 0.05) is 32.1 Å². The first-order valence-corrected chi connectivity index (χ1v) is 7.54. The minimum Gasteiger partial charge on any atom is -0.243 e. The fourth-order valence-electron chi connectivity index (χ4n) is 1.88. The van der Waals surface area contributed by atoms with Crippen LogP contribution in [0.3, 0.4) is 0 Å². The summed E-state index contributed by atoms with van der Waals surface area (Å²) in [5.41, 5.74) is 0.532. The highest BCUT2D eigenvalue weighted by Gasteiger charge is 2.38. The van der Waals surface area contributed by atoms with Crippen molar-refractivity contribution in [3.8, 4) is 0 Å². The van der Waals surface area contributed by atoms with Crippen LogP contribution >= 0.6 is 11.6 Å². The maximum absolute atomic E-state index is 13.0. The monoisotopic (exact) mass is 310 g/mol. The first-order valence-electron chi connectivity index (χ1n) is 5.72. The van der Waals surface area contributed by atoms with Gasteiger partial charge in [-0.15, -0.1) is 0 Å². The van der Waals surface area contributed by atoms with Crippen LogP contribution in [0.15, 0.2) is 17.2 Å². The van der Waals surface area contributed by atoms with Gasteiger partial charge in [0.2, 0.25) is 10.0 Å². The highest BCUT2D eigenvalue weighted by molar-refractivity contribution is 7.89. The number of aromatic nitrogens is 1. The van der Waals surface area contributed by atoms with Crippen molar-refractivity contribution in [2.75, 3.05) is 13.1 Å². The molecule has 106 valence electrons. The molecule has 1 aliphatic rings. The van der Waals surface area contributed by atoms with Crippen molar-refractivity contribution in [2.45, 2.75) is 30.6 Å². The van der Waals surface area contributed by atoms with Gasteiger partial charge < -0.3 is 0 Å². The summed E-state index contributed by atoms with van der Waals surface area (Å²) in [6, 6.07) is 1.40. The van der Waals surface area contributed by atoms with Gasteiger partial charge in [-0.3, -0.25) is 0 Å². The number of nitrogens with zero attached hydrogens (tertiary/aromatic N) is 2. The zero-order chi connectivity index (χ0) is 14.3. The fraction of sp³-hybridized carbons (Fsp3) is 0.545. The van der Waals surface area contributed by atoms with Crippen molar-refractivity contribution in [3.63, 3.8) is 0 Å². The number of halogens is 3. The number of hydrogen-bond donors (Lipinski definition) is 0. The van der Waals surface area contributed by atoms with Crippen LogP contribution in [0.1, 0.15) is 18.4 Å². The van der Waals surface area contributed by atoms with E-state index in [-0.39, 0.29) is 23.1 Å². The third kappa shape index (κ3) is 3.04. The van der Waals surface area contributed by atoms with E-state index in [4.69, 9.17) is 11.6 Å². The molecule has 2 heterocycles. The fourth-order valence-corrected chi connectivity index (χ4v) is 3.45. The van der Waals surface area contributed by atoms with E-state index >= 15 is 0 Å². The van der Waals surface area contributed by atoms with Crippen LogP contribution in [-0.4, -0.2) is 36.7 Å². The van der Waals surface area contributed by atoms with Crippen molar-refractivity contribution < 1.29 is 17.2 Å². The van der Waals surface area contributed by atoms with E-state index in [1.54, 1.807) is 6.92 Å². The summed E-state index contributed by atoms with van der Waals surface area (Å²) in [7, 11) is -3.77. The van der Waals surface area contributed by atoms with E-state index < -0.39 is 28.8 Å². The minimum absolute atomic E-state index is 0.0142. The quantitative estimate of drug-likeness (QED) is 0.789. The average molecular weight is 311 g/mol. The van der Waals surface area contributed by atoms with Gasteiger partial charge >= 0.3 is 0 Å². The molecule has 8 heteroatoms. The Morgan fingerprint density at radius 3 is 2.47 bits per heavy atom. The Labute approximate surface area is 115 Å². The summed E-state index contributed by atoms with van der Waals surface area (Å²) in [6.07, 6.45) is 0.246. The summed E-state index contributed by atoms with van der Waals surface area (Å²) < 4.78 is 51.7. The number of sulfonamides is 1. The van der Waals surface area contributed by atoms with E-state index in [1.165, 1.54) is 6.07 Å². The Morgan fingerprint density at radius 2 is 1.95 bits per heavy atom. The highest BCUT2D eigenvalue weighted by Crippen LogP contribution is 2.30. The summed E-state index contributed by atoms with van der Waals surface area (Å²) in [4.78, 5) is 3.77. The first kappa shape index (κ1) is 14.6. The lowest BCUT2D eigenvalue weighted by Gasteiger charge is -2.30. The van der Waals surface area contributed by atoms with Gasteiger partial charge in [0.05, 0.1) is 0 Å². The van der Waals surface area contributed by atoms with Crippen LogP contribution in [-0.2, 0) is 10.0 Å². The van der Waals surface area contributed by atoms with Crippen LogP contribution in [0.25, 0.3) is 0 Å². The molecule has 0 aliphatic carbocycles. The third-order valence-electron chi connectivity index (χ3n) is 3.08. The lowest BCUT2D eigenvalue weighted by atomic mass is 10.1. The minimum atomic E-state index is -3.77. The summed E-state index contributed by atoms with van der Waals surface area (Å²) in [5.74, 6) is -2.78. The van der Waals surface area contributed by atoms with E-state index in [0.29, 0.717) is 5.56 Å². The molecule has 19 heavy (non-hydrogen) atoms. The molecule has 1 aliphatic heterocycles. The highest BCUT2D eigenvalue weighted by atomic mass is 35.5. The molecule has 0 unspecified atom stereocenters. The van der Waals surface area contributed by atoms with Crippen LogP contribution in [0.4, 0.5) is 8.78 Å². The summed E-state index contributed by atoms with van der Waals surface area (Å²) >= 11 is 5.74. The first-order chi connectivity index (χ1) is 8.72. The van der Waals surface area contributed by atoms with Gasteiger partial charge in [-0.25, -0.2) is 22.2 Å². The molecule has 1 aromatic heterocycles. The Morgan fingerprint density at radius 1 is 1.37 bits per heavy atom. The van der Waals surface area contributed by atoms with Crippen molar-refractivity contribution in [3.05, 3.63) is 23.0 Å². The maximum atomic E-state index is 13.0. The molecule has 1 aromatic rings. The van der Waals surface area contributed by atoms with Crippen molar-refractivity contribution in [1.29, 1.82) is 0 Å². The standard InChI is InChI=1S/C11H13ClF2N2O2S/c1-8-6-9(7-15-10(8)12)19(17,18)16-4-2-11(13,14)3-5-16/h6-7H,2-5H2,1H3. The Bertz CT molecular complexity index is 582. The predicted molar refractivity (Wildman–Crippen MR) is 66.9 cm³/mol.